The molecule has 0 heterocycles. The molecule has 126 valence electrons. The minimum Gasteiger partial charge on any atom is -0.481 e. The van der Waals surface area contributed by atoms with Gasteiger partial charge in [0.1, 0.15) is 0 Å². The zero-order valence-corrected chi connectivity index (χ0v) is 13.5. The maximum absolute atomic E-state index is 13.4. The van der Waals surface area contributed by atoms with Gasteiger partial charge in [-0.05, 0) is 43.7 Å². The molecule has 0 aliphatic carbocycles. The second-order valence-corrected chi connectivity index (χ2v) is 4.97. The van der Waals surface area contributed by atoms with E-state index < -0.39 is 17.7 Å². The quantitative estimate of drug-likeness (QED) is 0.825. The van der Waals surface area contributed by atoms with Crippen LogP contribution in [0.25, 0.3) is 0 Å². The number of carbonyl (C=O) groups excluding carboxylic acids is 2. The Morgan fingerprint density at radius 3 is 2.58 bits per heavy atom. The van der Waals surface area contributed by atoms with Crippen LogP contribution in [0.5, 0.6) is 5.75 Å². The van der Waals surface area contributed by atoms with Crippen LogP contribution in [0.1, 0.15) is 22.8 Å². The lowest BCUT2D eigenvalue weighted by molar-refractivity contribution is -0.118. The van der Waals surface area contributed by atoms with E-state index in [1.807, 2.05) is 0 Å². The first-order valence-electron chi connectivity index (χ1n) is 7.46. The van der Waals surface area contributed by atoms with Crippen molar-refractivity contribution in [2.24, 2.45) is 0 Å². The fourth-order valence-corrected chi connectivity index (χ4v) is 2.09. The summed E-state index contributed by atoms with van der Waals surface area (Å²) in [6, 6.07) is 10.8. The van der Waals surface area contributed by atoms with E-state index in [1.54, 1.807) is 38.1 Å². The molecule has 0 atom stereocenters. The summed E-state index contributed by atoms with van der Waals surface area (Å²) >= 11 is 0. The highest BCUT2D eigenvalue weighted by Gasteiger charge is 2.14. The fraction of sp³-hybridized carbons (Fsp3) is 0.222. The number of para-hydroxylation sites is 1. The summed E-state index contributed by atoms with van der Waals surface area (Å²) in [6.45, 7) is 3.36. The van der Waals surface area contributed by atoms with Crippen molar-refractivity contribution in [2.45, 2.75) is 13.8 Å². The van der Waals surface area contributed by atoms with Gasteiger partial charge in [-0.15, -0.1) is 0 Å². The molecule has 24 heavy (non-hydrogen) atoms. The smallest absolute Gasteiger partial charge is 0.338 e. The molecule has 1 N–H and O–H groups in total. The summed E-state index contributed by atoms with van der Waals surface area (Å²) in [4.78, 5) is 23.8. The van der Waals surface area contributed by atoms with Crippen LogP contribution in [-0.4, -0.2) is 25.1 Å². The highest BCUT2D eigenvalue weighted by molar-refractivity contribution is 5.97. The average Bonchev–Trinajstić information content (AvgIpc) is 2.56. The van der Waals surface area contributed by atoms with Crippen molar-refractivity contribution in [2.75, 3.05) is 18.5 Å². The zero-order chi connectivity index (χ0) is 17.5. The first-order chi connectivity index (χ1) is 11.5. The van der Waals surface area contributed by atoms with E-state index >= 15 is 0 Å². The summed E-state index contributed by atoms with van der Waals surface area (Å²) < 4.78 is 23.6. The molecule has 0 unspecified atom stereocenters. The molecule has 1 amide bonds. The lowest BCUT2D eigenvalue weighted by Crippen LogP contribution is -2.21. The molecule has 6 heteroatoms. The third kappa shape index (κ3) is 4.32. The molecule has 2 rings (SSSR count). The monoisotopic (exact) mass is 331 g/mol. The van der Waals surface area contributed by atoms with Crippen LogP contribution in [-0.2, 0) is 9.53 Å². The van der Waals surface area contributed by atoms with E-state index in [4.69, 9.17) is 9.47 Å². The average molecular weight is 331 g/mol. The lowest BCUT2D eigenvalue weighted by Gasteiger charge is -2.12. The molecule has 2 aromatic carbocycles. The number of nitrogens with one attached hydrogen (secondary N) is 1. The molecule has 0 spiro atoms. The molecular formula is C18H18FNO4. The molecule has 0 aliphatic heterocycles. The Hall–Kier alpha value is -2.89. The molecule has 0 bridgehead atoms. The van der Waals surface area contributed by atoms with Crippen molar-refractivity contribution in [1.82, 2.24) is 0 Å². The van der Waals surface area contributed by atoms with Crippen molar-refractivity contribution in [3.63, 3.8) is 0 Å². The molecule has 0 saturated carbocycles. The Bertz CT molecular complexity index is 746. The molecular weight excluding hydrogens is 313 g/mol. The minimum atomic E-state index is -0.536. The minimum absolute atomic E-state index is 0.00430. The summed E-state index contributed by atoms with van der Waals surface area (Å²) in [5, 5.41) is 2.64. The van der Waals surface area contributed by atoms with E-state index in [1.165, 1.54) is 18.2 Å². The molecule has 0 aliphatic rings. The van der Waals surface area contributed by atoms with Gasteiger partial charge in [0.25, 0.3) is 5.91 Å². The van der Waals surface area contributed by atoms with Gasteiger partial charge in [0.2, 0.25) is 0 Å². The van der Waals surface area contributed by atoms with E-state index in [2.05, 4.69) is 5.32 Å². The van der Waals surface area contributed by atoms with Crippen molar-refractivity contribution < 1.29 is 23.5 Å². The topological polar surface area (TPSA) is 64.6 Å². The number of hydrogen-bond donors (Lipinski definition) is 1. The predicted octanol–water partition coefficient (Wildman–Crippen LogP) is 3.33. The van der Waals surface area contributed by atoms with Crippen LogP contribution < -0.4 is 10.1 Å². The normalized spacial score (nSPS) is 10.1. The summed E-state index contributed by atoms with van der Waals surface area (Å²) in [5.41, 5.74) is 1.45. The number of ether oxygens (including phenoxy) is 2. The highest BCUT2D eigenvalue weighted by atomic mass is 19.1. The van der Waals surface area contributed by atoms with Gasteiger partial charge in [-0.1, -0.05) is 18.2 Å². The predicted molar refractivity (Wildman–Crippen MR) is 87.7 cm³/mol. The number of halogens is 1. The number of carbonyl (C=O) groups is 2. The van der Waals surface area contributed by atoms with Gasteiger partial charge in [0.05, 0.1) is 12.2 Å². The van der Waals surface area contributed by atoms with Crippen LogP contribution in [0.4, 0.5) is 10.1 Å². The fourth-order valence-electron chi connectivity index (χ4n) is 2.09. The van der Waals surface area contributed by atoms with Crippen LogP contribution in [0, 0.1) is 12.7 Å². The van der Waals surface area contributed by atoms with Crippen LogP contribution in [0.3, 0.4) is 0 Å². The summed E-state index contributed by atoms with van der Waals surface area (Å²) in [6.07, 6.45) is 0. The molecule has 0 aromatic heterocycles. The second kappa shape index (κ2) is 8.10. The Morgan fingerprint density at radius 2 is 1.88 bits per heavy atom. The van der Waals surface area contributed by atoms with Crippen LogP contribution in [0.15, 0.2) is 42.5 Å². The van der Waals surface area contributed by atoms with Crippen molar-refractivity contribution in [3.8, 4) is 5.75 Å². The lowest BCUT2D eigenvalue weighted by atomic mass is 10.1. The maximum atomic E-state index is 13.4. The van der Waals surface area contributed by atoms with Crippen molar-refractivity contribution >= 4 is 17.6 Å². The Balaban J connectivity index is 2.03. The molecule has 2 aromatic rings. The number of rotatable bonds is 6. The van der Waals surface area contributed by atoms with Gasteiger partial charge < -0.3 is 14.8 Å². The van der Waals surface area contributed by atoms with Crippen LogP contribution in [0.2, 0.25) is 0 Å². The number of hydrogen-bond acceptors (Lipinski definition) is 4. The Kier molecular flexibility index (Phi) is 5.89. The van der Waals surface area contributed by atoms with Crippen LogP contribution >= 0.6 is 0 Å². The van der Waals surface area contributed by atoms with Gasteiger partial charge >= 0.3 is 5.97 Å². The van der Waals surface area contributed by atoms with Gasteiger partial charge in [-0.3, -0.25) is 4.79 Å². The third-order valence-corrected chi connectivity index (χ3v) is 3.30. The second-order valence-electron chi connectivity index (χ2n) is 4.97. The maximum Gasteiger partial charge on any atom is 0.338 e. The molecule has 0 fully saturated rings. The summed E-state index contributed by atoms with van der Waals surface area (Å²) in [7, 11) is 0. The largest absolute Gasteiger partial charge is 0.481 e. The molecule has 5 nitrogen and oxygen atoms in total. The number of esters is 1. The van der Waals surface area contributed by atoms with E-state index in [0.29, 0.717) is 16.8 Å². The number of amides is 1. The van der Waals surface area contributed by atoms with Gasteiger partial charge in [0, 0.05) is 5.69 Å². The van der Waals surface area contributed by atoms with Gasteiger partial charge in [-0.25, -0.2) is 9.18 Å². The molecule has 0 saturated heterocycles. The van der Waals surface area contributed by atoms with E-state index in [9.17, 15) is 14.0 Å². The Morgan fingerprint density at radius 1 is 1.12 bits per heavy atom. The first kappa shape index (κ1) is 17.5. The van der Waals surface area contributed by atoms with Crippen molar-refractivity contribution in [1.29, 1.82) is 0 Å². The Labute approximate surface area is 139 Å². The standard InChI is InChI=1S/C18H18FNO4/c1-3-23-18(22)13-7-6-9-15(12(13)2)20-17(21)11-24-16-10-5-4-8-14(16)19/h4-10H,3,11H2,1-2H3,(H,20,21). The third-order valence-electron chi connectivity index (χ3n) is 3.30. The SMILES string of the molecule is CCOC(=O)c1cccc(NC(=O)COc2ccccc2F)c1C. The van der Waals surface area contributed by atoms with Crippen molar-refractivity contribution in [3.05, 3.63) is 59.4 Å². The van der Waals surface area contributed by atoms with Gasteiger partial charge in [-0.2, -0.15) is 0 Å². The zero-order valence-electron chi connectivity index (χ0n) is 13.5. The number of anilines is 1. The van der Waals surface area contributed by atoms with Gasteiger partial charge in [0.15, 0.2) is 18.2 Å². The first-order valence-corrected chi connectivity index (χ1v) is 7.46. The highest BCUT2D eigenvalue weighted by Crippen LogP contribution is 2.20. The van der Waals surface area contributed by atoms with E-state index in [-0.39, 0.29) is 19.0 Å². The van der Waals surface area contributed by atoms with E-state index in [0.717, 1.165) is 0 Å². The number of benzene rings is 2. The molecule has 0 radical (unpaired) electrons. The summed E-state index contributed by atoms with van der Waals surface area (Å²) in [5.74, 6) is -1.44.